The van der Waals surface area contributed by atoms with Crippen molar-refractivity contribution in [2.24, 2.45) is 0 Å². The Morgan fingerprint density at radius 1 is 1.41 bits per heavy atom. The summed E-state index contributed by atoms with van der Waals surface area (Å²) in [5.74, 6) is 0. The molecule has 0 aromatic carbocycles. The molecule has 2 rings (SSSR count). The molecule has 0 bridgehead atoms. The predicted molar refractivity (Wildman–Crippen MR) is 79.7 cm³/mol. The molecule has 0 saturated heterocycles. The fourth-order valence-electron chi connectivity index (χ4n) is 2.38. The van der Waals surface area contributed by atoms with Crippen molar-refractivity contribution in [3.63, 3.8) is 0 Å². The highest BCUT2D eigenvalue weighted by Gasteiger charge is 2.14. The van der Waals surface area contributed by atoms with E-state index in [0.717, 1.165) is 6.42 Å². The van der Waals surface area contributed by atoms with Crippen LogP contribution in [-0.2, 0) is 6.42 Å². The van der Waals surface area contributed by atoms with E-state index in [9.17, 15) is 0 Å². The van der Waals surface area contributed by atoms with Gasteiger partial charge in [0.1, 0.15) is 0 Å². The van der Waals surface area contributed by atoms with Gasteiger partial charge in [0.05, 0.1) is 0 Å². The molecule has 1 heterocycles. The predicted octanol–water partition coefficient (Wildman–Crippen LogP) is 4.53. The van der Waals surface area contributed by atoms with Gasteiger partial charge in [-0.15, -0.1) is 11.3 Å². The maximum Gasteiger partial charge on any atom is 0.0314 e. The van der Waals surface area contributed by atoms with Crippen LogP contribution in [-0.4, -0.2) is 13.1 Å². The molecule has 0 spiro atoms. The van der Waals surface area contributed by atoms with E-state index in [-0.39, 0.29) is 0 Å². The highest BCUT2D eigenvalue weighted by atomic mass is 79.9. The average Bonchev–Trinajstić information content (AvgIpc) is 2.75. The van der Waals surface area contributed by atoms with Crippen molar-refractivity contribution in [1.82, 2.24) is 5.32 Å². The van der Waals surface area contributed by atoms with Crippen molar-refractivity contribution < 1.29 is 0 Å². The first kappa shape index (κ1) is 13.3. The van der Waals surface area contributed by atoms with E-state index in [2.05, 4.69) is 45.8 Å². The molecule has 0 amide bonds. The summed E-state index contributed by atoms with van der Waals surface area (Å²) in [4.78, 5) is 1.46. The minimum atomic E-state index is 0.578. The standard InChI is InChI=1S/C14H20BrNS/c1-16-12(9-11-5-3-2-4-6-11)10-14-13(15)7-8-17-14/h5,7-8,12,16H,2-4,6,9-10H2,1H3. The zero-order valence-corrected chi connectivity index (χ0v) is 12.7. The highest BCUT2D eigenvalue weighted by Crippen LogP contribution is 2.27. The van der Waals surface area contributed by atoms with Crippen LogP contribution in [0.1, 0.15) is 37.0 Å². The lowest BCUT2D eigenvalue weighted by Gasteiger charge is -2.20. The topological polar surface area (TPSA) is 12.0 Å². The van der Waals surface area contributed by atoms with Crippen LogP contribution in [0.5, 0.6) is 0 Å². The van der Waals surface area contributed by atoms with Crippen LogP contribution in [0.15, 0.2) is 27.6 Å². The van der Waals surface area contributed by atoms with Gasteiger partial charge in [-0.05, 0) is 72.9 Å². The zero-order chi connectivity index (χ0) is 12.1. The Labute approximate surface area is 116 Å². The van der Waals surface area contributed by atoms with Crippen molar-refractivity contribution in [2.75, 3.05) is 7.05 Å². The Hall–Kier alpha value is -0.120. The summed E-state index contributed by atoms with van der Waals surface area (Å²) in [6.45, 7) is 0. The second kappa shape index (κ2) is 6.72. The third-order valence-corrected chi connectivity index (χ3v) is 5.37. The molecule has 0 fully saturated rings. The molecule has 1 atom stereocenters. The van der Waals surface area contributed by atoms with Gasteiger partial charge in [0.2, 0.25) is 0 Å². The summed E-state index contributed by atoms with van der Waals surface area (Å²) in [5.41, 5.74) is 1.66. The van der Waals surface area contributed by atoms with Gasteiger partial charge in [0, 0.05) is 15.4 Å². The van der Waals surface area contributed by atoms with Gasteiger partial charge >= 0.3 is 0 Å². The lowest BCUT2D eigenvalue weighted by Crippen LogP contribution is -2.28. The summed E-state index contributed by atoms with van der Waals surface area (Å²) in [6, 6.07) is 2.72. The number of thiophene rings is 1. The first-order valence-corrected chi connectivity index (χ1v) is 8.04. The molecular weight excluding hydrogens is 294 g/mol. The molecule has 1 nitrogen and oxygen atoms in total. The minimum Gasteiger partial charge on any atom is -0.316 e. The van der Waals surface area contributed by atoms with Gasteiger partial charge in [-0.1, -0.05) is 11.6 Å². The molecule has 0 radical (unpaired) electrons. The minimum absolute atomic E-state index is 0.578. The van der Waals surface area contributed by atoms with Gasteiger partial charge in [-0.2, -0.15) is 0 Å². The Morgan fingerprint density at radius 2 is 2.29 bits per heavy atom. The zero-order valence-electron chi connectivity index (χ0n) is 10.3. The van der Waals surface area contributed by atoms with Crippen LogP contribution in [0.2, 0.25) is 0 Å². The van der Waals surface area contributed by atoms with Crippen LogP contribution >= 0.6 is 27.3 Å². The second-order valence-electron chi connectivity index (χ2n) is 4.69. The van der Waals surface area contributed by atoms with E-state index in [4.69, 9.17) is 0 Å². The molecule has 0 aliphatic heterocycles. The average molecular weight is 314 g/mol. The van der Waals surface area contributed by atoms with Crippen molar-refractivity contribution in [3.05, 3.63) is 32.4 Å². The quantitative estimate of drug-likeness (QED) is 0.787. The lowest BCUT2D eigenvalue weighted by atomic mass is 9.93. The summed E-state index contributed by atoms with van der Waals surface area (Å²) >= 11 is 5.47. The molecule has 94 valence electrons. The third kappa shape index (κ3) is 3.94. The Bertz CT molecular complexity index is 383. The van der Waals surface area contributed by atoms with Crippen molar-refractivity contribution in [2.45, 2.75) is 44.6 Å². The van der Waals surface area contributed by atoms with E-state index in [1.165, 1.54) is 41.5 Å². The summed E-state index contributed by atoms with van der Waals surface area (Å²) in [5, 5.41) is 5.62. The molecule has 1 aliphatic carbocycles. The molecule has 3 heteroatoms. The molecule has 1 aromatic heterocycles. The van der Waals surface area contributed by atoms with Gasteiger partial charge in [-0.3, -0.25) is 0 Å². The monoisotopic (exact) mass is 313 g/mol. The SMILES string of the molecule is CNC(CC1=CCCCC1)Cc1sccc1Br. The van der Waals surface area contributed by atoms with Crippen LogP contribution < -0.4 is 5.32 Å². The van der Waals surface area contributed by atoms with E-state index < -0.39 is 0 Å². The number of hydrogen-bond donors (Lipinski definition) is 1. The number of likely N-dealkylation sites (N-methyl/N-ethyl adjacent to an activating group) is 1. The number of nitrogens with one attached hydrogen (secondary N) is 1. The number of allylic oxidation sites excluding steroid dienone is 1. The van der Waals surface area contributed by atoms with E-state index in [1.54, 1.807) is 5.57 Å². The van der Waals surface area contributed by atoms with E-state index in [1.807, 2.05) is 11.3 Å². The molecule has 1 aromatic rings. The first-order valence-electron chi connectivity index (χ1n) is 6.36. The van der Waals surface area contributed by atoms with Gasteiger partial charge in [-0.25, -0.2) is 0 Å². The fourth-order valence-corrected chi connectivity index (χ4v) is 3.97. The summed E-state index contributed by atoms with van der Waals surface area (Å²) in [6.07, 6.45) is 10.2. The normalized spacial score (nSPS) is 17.9. The van der Waals surface area contributed by atoms with Crippen LogP contribution in [0.3, 0.4) is 0 Å². The van der Waals surface area contributed by atoms with Crippen molar-refractivity contribution >= 4 is 27.3 Å². The Balaban J connectivity index is 1.92. The van der Waals surface area contributed by atoms with Gasteiger partial charge in [0.25, 0.3) is 0 Å². The van der Waals surface area contributed by atoms with E-state index >= 15 is 0 Å². The Morgan fingerprint density at radius 3 is 2.88 bits per heavy atom. The smallest absolute Gasteiger partial charge is 0.0314 e. The van der Waals surface area contributed by atoms with E-state index in [0.29, 0.717) is 6.04 Å². The molecule has 17 heavy (non-hydrogen) atoms. The fraction of sp³-hybridized carbons (Fsp3) is 0.571. The molecule has 0 saturated carbocycles. The molecule has 1 N–H and O–H groups in total. The molecule has 1 aliphatic rings. The number of hydrogen-bond acceptors (Lipinski definition) is 2. The van der Waals surface area contributed by atoms with Gasteiger partial charge < -0.3 is 5.32 Å². The third-order valence-electron chi connectivity index (χ3n) is 3.42. The van der Waals surface area contributed by atoms with Crippen molar-refractivity contribution in [1.29, 1.82) is 0 Å². The molecular formula is C14H20BrNS. The van der Waals surface area contributed by atoms with Crippen LogP contribution in [0.25, 0.3) is 0 Å². The lowest BCUT2D eigenvalue weighted by molar-refractivity contribution is 0.535. The summed E-state index contributed by atoms with van der Waals surface area (Å²) in [7, 11) is 2.08. The maximum atomic E-state index is 3.62. The second-order valence-corrected chi connectivity index (χ2v) is 6.55. The van der Waals surface area contributed by atoms with Crippen molar-refractivity contribution in [3.8, 4) is 0 Å². The van der Waals surface area contributed by atoms with Crippen LogP contribution in [0.4, 0.5) is 0 Å². The highest BCUT2D eigenvalue weighted by molar-refractivity contribution is 9.10. The number of halogens is 1. The number of rotatable bonds is 5. The Kier molecular flexibility index (Phi) is 5.26. The maximum absolute atomic E-state index is 3.62. The first-order chi connectivity index (χ1) is 8.29. The molecule has 1 unspecified atom stereocenters. The summed E-state index contributed by atoms with van der Waals surface area (Å²) < 4.78 is 1.26. The largest absolute Gasteiger partial charge is 0.316 e. The van der Waals surface area contributed by atoms with Gasteiger partial charge in [0.15, 0.2) is 0 Å². The van der Waals surface area contributed by atoms with Crippen LogP contribution in [0, 0.1) is 0 Å².